The lowest BCUT2D eigenvalue weighted by Crippen LogP contribution is -2.33. The summed E-state index contributed by atoms with van der Waals surface area (Å²) in [5.74, 6) is 0.616. The monoisotopic (exact) mass is 284 g/mol. The standard InChI is InChI=1S/C17H20N2O2/c1-2-21-15-10-8-14(9-11-15)17(20)19-16(12-18)13-6-4-3-5-7-13/h3-11,16H,2,12,18H2,1H3,(H,19,20). The minimum Gasteiger partial charge on any atom is -0.494 e. The van der Waals surface area contributed by atoms with E-state index in [0.717, 1.165) is 11.3 Å². The molecule has 0 heterocycles. The molecule has 1 amide bonds. The molecule has 21 heavy (non-hydrogen) atoms. The van der Waals surface area contributed by atoms with Crippen LogP contribution in [0.1, 0.15) is 28.9 Å². The van der Waals surface area contributed by atoms with Crippen molar-refractivity contribution >= 4 is 5.91 Å². The van der Waals surface area contributed by atoms with E-state index in [9.17, 15) is 4.79 Å². The van der Waals surface area contributed by atoms with Gasteiger partial charge in [0.05, 0.1) is 12.6 Å². The third-order valence-electron chi connectivity index (χ3n) is 3.17. The molecule has 0 aliphatic heterocycles. The average Bonchev–Trinajstić information content (AvgIpc) is 2.54. The van der Waals surface area contributed by atoms with E-state index in [1.165, 1.54) is 0 Å². The Hall–Kier alpha value is -2.33. The fraction of sp³-hybridized carbons (Fsp3) is 0.235. The fourth-order valence-electron chi connectivity index (χ4n) is 2.07. The lowest BCUT2D eigenvalue weighted by molar-refractivity contribution is 0.0938. The van der Waals surface area contributed by atoms with E-state index in [1.807, 2.05) is 37.3 Å². The van der Waals surface area contributed by atoms with Gasteiger partial charge in [-0.2, -0.15) is 0 Å². The highest BCUT2D eigenvalue weighted by atomic mass is 16.5. The number of ether oxygens (including phenoxy) is 1. The fourth-order valence-corrected chi connectivity index (χ4v) is 2.07. The zero-order chi connectivity index (χ0) is 15.1. The van der Waals surface area contributed by atoms with Gasteiger partial charge in [-0.15, -0.1) is 0 Å². The molecule has 2 aromatic rings. The molecule has 0 aliphatic carbocycles. The number of rotatable bonds is 6. The number of benzene rings is 2. The summed E-state index contributed by atoms with van der Waals surface area (Å²) < 4.78 is 5.36. The largest absolute Gasteiger partial charge is 0.494 e. The van der Waals surface area contributed by atoms with Crippen molar-refractivity contribution in [3.05, 3.63) is 65.7 Å². The molecular weight excluding hydrogens is 264 g/mol. The van der Waals surface area contributed by atoms with Crippen LogP contribution in [0.3, 0.4) is 0 Å². The van der Waals surface area contributed by atoms with Gasteiger partial charge in [0.1, 0.15) is 5.75 Å². The van der Waals surface area contributed by atoms with Crippen molar-refractivity contribution in [2.24, 2.45) is 5.73 Å². The van der Waals surface area contributed by atoms with Crippen molar-refractivity contribution < 1.29 is 9.53 Å². The first-order valence-electron chi connectivity index (χ1n) is 7.03. The molecule has 2 aromatic carbocycles. The van der Waals surface area contributed by atoms with Crippen LogP contribution in [0.2, 0.25) is 0 Å². The van der Waals surface area contributed by atoms with Crippen molar-refractivity contribution in [1.82, 2.24) is 5.32 Å². The van der Waals surface area contributed by atoms with Crippen LogP contribution in [0.25, 0.3) is 0 Å². The minimum absolute atomic E-state index is 0.141. The van der Waals surface area contributed by atoms with Crippen LogP contribution in [0, 0.1) is 0 Å². The number of carbonyl (C=O) groups excluding carboxylic acids is 1. The maximum absolute atomic E-state index is 12.2. The minimum atomic E-state index is -0.190. The number of carbonyl (C=O) groups is 1. The third-order valence-corrected chi connectivity index (χ3v) is 3.17. The van der Waals surface area contributed by atoms with Gasteiger partial charge < -0.3 is 15.8 Å². The van der Waals surface area contributed by atoms with E-state index in [0.29, 0.717) is 18.7 Å². The van der Waals surface area contributed by atoms with Crippen molar-refractivity contribution in [2.75, 3.05) is 13.2 Å². The van der Waals surface area contributed by atoms with Crippen LogP contribution >= 0.6 is 0 Å². The lowest BCUT2D eigenvalue weighted by atomic mass is 10.1. The first-order valence-corrected chi connectivity index (χ1v) is 7.03. The first kappa shape index (κ1) is 15.1. The molecule has 3 N–H and O–H groups in total. The second-order valence-electron chi connectivity index (χ2n) is 4.63. The molecule has 0 fully saturated rings. The maximum Gasteiger partial charge on any atom is 0.251 e. The van der Waals surface area contributed by atoms with Gasteiger partial charge in [0.2, 0.25) is 0 Å². The van der Waals surface area contributed by atoms with E-state index in [-0.39, 0.29) is 11.9 Å². The van der Waals surface area contributed by atoms with Crippen molar-refractivity contribution in [3.63, 3.8) is 0 Å². The summed E-state index contributed by atoms with van der Waals surface area (Å²) in [4.78, 5) is 12.2. The highest BCUT2D eigenvalue weighted by Gasteiger charge is 2.14. The van der Waals surface area contributed by atoms with Crippen LogP contribution in [0.4, 0.5) is 0 Å². The number of amides is 1. The van der Waals surface area contributed by atoms with Crippen molar-refractivity contribution in [1.29, 1.82) is 0 Å². The number of nitrogens with one attached hydrogen (secondary N) is 1. The SMILES string of the molecule is CCOc1ccc(C(=O)NC(CN)c2ccccc2)cc1. The van der Waals surface area contributed by atoms with Crippen LogP contribution in [0.5, 0.6) is 5.75 Å². The summed E-state index contributed by atoms with van der Waals surface area (Å²) in [6, 6.07) is 16.6. The molecule has 0 aliphatic rings. The van der Waals surface area contributed by atoms with E-state index >= 15 is 0 Å². The van der Waals surface area contributed by atoms with E-state index in [4.69, 9.17) is 10.5 Å². The summed E-state index contributed by atoms with van der Waals surface area (Å²) in [6.07, 6.45) is 0. The molecule has 4 heteroatoms. The van der Waals surface area contributed by atoms with Gasteiger partial charge in [0, 0.05) is 12.1 Å². The maximum atomic E-state index is 12.2. The van der Waals surface area contributed by atoms with Gasteiger partial charge in [-0.1, -0.05) is 30.3 Å². The van der Waals surface area contributed by atoms with Gasteiger partial charge in [-0.05, 0) is 36.8 Å². The first-order chi connectivity index (χ1) is 10.2. The molecule has 110 valence electrons. The molecule has 1 atom stereocenters. The predicted molar refractivity (Wildman–Crippen MR) is 83.3 cm³/mol. The van der Waals surface area contributed by atoms with Crippen LogP contribution < -0.4 is 15.8 Å². The molecule has 0 spiro atoms. The Kier molecular flexibility index (Phi) is 5.35. The molecule has 4 nitrogen and oxygen atoms in total. The molecular formula is C17H20N2O2. The quantitative estimate of drug-likeness (QED) is 0.856. The topological polar surface area (TPSA) is 64.3 Å². The van der Waals surface area contributed by atoms with Gasteiger partial charge in [0.25, 0.3) is 5.91 Å². The summed E-state index contributed by atoms with van der Waals surface area (Å²) >= 11 is 0. The molecule has 1 unspecified atom stereocenters. The van der Waals surface area contributed by atoms with Crippen LogP contribution in [-0.2, 0) is 0 Å². The highest BCUT2D eigenvalue weighted by Crippen LogP contribution is 2.15. The summed E-state index contributed by atoms with van der Waals surface area (Å²) in [6.45, 7) is 2.88. The van der Waals surface area contributed by atoms with Gasteiger partial charge in [0.15, 0.2) is 0 Å². The normalized spacial score (nSPS) is 11.7. The Labute approximate surface area is 124 Å². The molecule has 0 saturated carbocycles. The van der Waals surface area contributed by atoms with Crippen molar-refractivity contribution in [3.8, 4) is 5.75 Å². The second-order valence-corrected chi connectivity index (χ2v) is 4.63. The Morgan fingerprint density at radius 2 is 1.81 bits per heavy atom. The number of hydrogen-bond acceptors (Lipinski definition) is 3. The Bertz CT molecular complexity index is 567. The molecule has 0 saturated heterocycles. The van der Waals surface area contributed by atoms with Gasteiger partial charge in [-0.25, -0.2) is 0 Å². The summed E-state index contributed by atoms with van der Waals surface area (Å²) in [5.41, 5.74) is 7.35. The Balaban J connectivity index is 2.05. The lowest BCUT2D eigenvalue weighted by Gasteiger charge is -2.17. The van der Waals surface area contributed by atoms with Crippen molar-refractivity contribution in [2.45, 2.75) is 13.0 Å². The zero-order valence-corrected chi connectivity index (χ0v) is 12.1. The van der Waals surface area contributed by atoms with Gasteiger partial charge in [-0.3, -0.25) is 4.79 Å². The predicted octanol–water partition coefficient (Wildman–Crippen LogP) is 2.52. The average molecular weight is 284 g/mol. The zero-order valence-electron chi connectivity index (χ0n) is 12.1. The highest BCUT2D eigenvalue weighted by molar-refractivity contribution is 5.94. The van der Waals surface area contributed by atoms with E-state index in [1.54, 1.807) is 24.3 Å². The number of nitrogens with two attached hydrogens (primary N) is 1. The Morgan fingerprint density at radius 1 is 1.14 bits per heavy atom. The van der Waals surface area contributed by atoms with Crippen LogP contribution in [-0.4, -0.2) is 19.1 Å². The molecule has 0 radical (unpaired) electrons. The second kappa shape index (κ2) is 7.45. The molecule has 0 bridgehead atoms. The number of hydrogen-bond donors (Lipinski definition) is 2. The van der Waals surface area contributed by atoms with E-state index in [2.05, 4.69) is 5.32 Å². The molecule has 2 rings (SSSR count). The third kappa shape index (κ3) is 4.07. The summed E-state index contributed by atoms with van der Waals surface area (Å²) in [7, 11) is 0. The van der Waals surface area contributed by atoms with E-state index < -0.39 is 0 Å². The molecule has 0 aromatic heterocycles. The van der Waals surface area contributed by atoms with Gasteiger partial charge >= 0.3 is 0 Å². The summed E-state index contributed by atoms with van der Waals surface area (Å²) in [5, 5.41) is 2.95. The Morgan fingerprint density at radius 3 is 2.38 bits per heavy atom. The smallest absolute Gasteiger partial charge is 0.251 e. The van der Waals surface area contributed by atoms with Crippen LogP contribution in [0.15, 0.2) is 54.6 Å².